The Morgan fingerprint density at radius 3 is 2.69 bits per heavy atom. The Bertz CT molecular complexity index is 464. The molecule has 0 radical (unpaired) electrons. The molecule has 0 aliphatic heterocycles. The van der Waals surface area contributed by atoms with Gasteiger partial charge in [-0.15, -0.1) is 0 Å². The van der Waals surface area contributed by atoms with Crippen molar-refractivity contribution in [3.63, 3.8) is 0 Å². The minimum absolute atomic E-state index is 0.168. The number of benzene rings is 1. The van der Waals surface area contributed by atoms with E-state index in [1.165, 1.54) is 0 Å². The fourth-order valence-corrected chi connectivity index (χ4v) is 1.63. The Balaban J connectivity index is 2.40. The first kappa shape index (κ1) is 10.9. The zero-order valence-corrected chi connectivity index (χ0v) is 9.14. The van der Waals surface area contributed by atoms with Gasteiger partial charge in [0.15, 0.2) is 0 Å². The van der Waals surface area contributed by atoms with E-state index in [1.54, 1.807) is 0 Å². The number of imidazole rings is 1. The molecule has 4 N–H and O–H groups in total. The van der Waals surface area contributed by atoms with Crippen molar-refractivity contribution in [2.75, 3.05) is 6.54 Å². The molecule has 0 spiro atoms. The number of hydrogen-bond acceptors (Lipinski definition) is 3. The predicted molar refractivity (Wildman–Crippen MR) is 62.8 cm³/mol. The second-order valence-electron chi connectivity index (χ2n) is 3.71. The summed E-state index contributed by atoms with van der Waals surface area (Å²) in [6.07, 6.45) is -0.726. The van der Waals surface area contributed by atoms with Gasteiger partial charge in [0, 0.05) is 17.8 Å². The van der Waals surface area contributed by atoms with Crippen LogP contribution in [0.4, 0.5) is 0 Å². The zero-order valence-electron chi connectivity index (χ0n) is 9.14. The van der Waals surface area contributed by atoms with Crippen molar-refractivity contribution in [1.82, 2.24) is 9.97 Å². The molecule has 1 atom stereocenters. The maximum atomic E-state index is 9.60. The second kappa shape index (κ2) is 4.47. The van der Waals surface area contributed by atoms with Crippen molar-refractivity contribution >= 4 is 0 Å². The summed E-state index contributed by atoms with van der Waals surface area (Å²) in [5.41, 5.74) is 8.23. The first-order valence-electron chi connectivity index (χ1n) is 5.22. The molecule has 2 rings (SSSR count). The van der Waals surface area contributed by atoms with E-state index >= 15 is 0 Å². The van der Waals surface area contributed by atoms with Gasteiger partial charge in [-0.3, -0.25) is 0 Å². The van der Waals surface area contributed by atoms with Gasteiger partial charge in [0.25, 0.3) is 0 Å². The molecule has 1 aromatic heterocycles. The number of nitrogens with zero attached hydrogens (tertiary/aromatic N) is 1. The molecule has 0 fully saturated rings. The lowest BCUT2D eigenvalue weighted by atomic mass is 10.1. The number of aryl methyl sites for hydroxylation is 1. The molecule has 4 heteroatoms. The number of nitrogens with one attached hydrogen (secondary N) is 1. The third kappa shape index (κ3) is 1.98. The topological polar surface area (TPSA) is 74.9 Å². The molecular weight excluding hydrogens is 202 g/mol. The fraction of sp³-hybridized carbons (Fsp3) is 0.250. The molecular formula is C12H15N3O. The van der Waals surface area contributed by atoms with E-state index in [-0.39, 0.29) is 6.54 Å². The number of aliphatic hydroxyl groups is 1. The van der Waals surface area contributed by atoms with Crippen LogP contribution in [-0.2, 0) is 0 Å². The Morgan fingerprint density at radius 1 is 1.38 bits per heavy atom. The number of nitrogens with two attached hydrogens (primary N) is 1. The van der Waals surface area contributed by atoms with Gasteiger partial charge in [-0.05, 0) is 6.92 Å². The summed E-state index contributed by atoms with van der Waals surface area (Å²) in [6, 6.07) is 9.86. The van der Waals surface area contributed by atoms with E-state index in [1.807, 2.05) is 37.3 Å². The fourth-order valence-electron chi connectivity index (χ4n) is 1.63. The summed E-state index contributed by atoms with van der Waals surface area (Å²) in [7, 11) is 0. The van der Waals surface area contributed by atoms with Crippen LogP contribution in [0.2, 0.25) is 0 Å². The van der Waals surface area contributed by atoms with E-state index < -0.39 is 6.10 Å². The second-order valence-corrected chi connectivity index (χ2v) is 3.71. The van der Waals surface area contributed by atoms with Gasteiger partial charge in [0.05, 0.1) is 5.69 Å². The molecule has 16 heavy (non-hydrogen) atoms. The number of rotatable bonds is 3. The first-order chi connectivity index (χ1) is 7.72. The lowest BCUT2D eigenvalue weighted by Crippen LogP contribution is -2.12. The molecule has 0 aliphatic rings. The van der Waals surface area contributed by atoms with Crippen LogP contribution in [0, 0.1) is 6.92 Å². The molecule has 1 heterocycles. The largest absolute Gasteiger partial charge is 0.384 e. The van der Waals surface area contributed by atoms with Crippen molar-refractivity contribution in [3.05, 3.63) is 41.9 Å². The average molecular weight is 217 g/mol. The molecule has 4 nitrogen and oxygen atoms in total. The van der Waals surface area contributed by atoms with E-state index in [0.29, 0.717) is 5.82 Å². The monoisotopic (exact) mass is 217 g/mol. The Labute approximate surface area is 94.1 Å². The van der Waals surface area contributed by atoms with Gasteiger partial charge >= 0.3 is 0 Å². The van der Waals surface area contributed by atoms with Crippen molar-refractivity contribution < 1.29 is 5.11 Å². The van der Waals surface area contributed by atoms with Crippen LogP contribution in [0.25, 0.3) is 11.3 Å². The Morgan fingerprint density at radius 2 is 2.06 bits per heavy atom. The smallest absolute Gasteiger partial charge is 0.137 e. The van der Waals surface area contributed by atoms with E-state index in [4.69, 9.17) is 5.73 Å². The summed E-state index contributed by atoms with van der Waals surface area (Å²) in [5.74, 6) is 0.527. The van der Waals surface area contributed by atoms with Crippen LogP contribution >= 0.6 is 0 Å². The number of H-pyrrole nitrogens is 1. The highest BCUT2D eigenvalue weighted by molar-refractivity contribution is 5.61. The average Bonchev–Trinajstić information content (AvgIpc) is 2.71. The maximum Gasteiger partial charge on any atom is 0.137 e. The zero-order chi connectivity index (χ0) is 11.5. The van der Waals surface area contributed by atoms with Crippen LogP contribution in [0.1, 0.15) is 17.6 Å². The summed E-state index contributed by atoms with van der Waals surface area (Å²) in [4.78, 5) is 7.42. The van der Waals surface area contributed by atoms with Crippen LogP contribution in [0.15, 0.2) is 30.3 Å². The van der Waals surface area contributed by atoms with Crippen molar-refractivity contribution in [2.45, 2.75) is 13.0 Å². The van der Waals surface area contributed by atoms with Gasteiger partial charge in [-0.2, -0.15) is 0 Å². The molecule has 84 valence electrons. The minimum atomic E-state index is -0.726. The molecule has 1 aromatic carbocycles. The van der Waals surface area contributed by atoms with Crippen LogP contribution in [0.5, 0.6) is 0 Å². The highest BCUT2D eigenvalue weighted by atomic mass is 16.3. The third-order valence-corrected chi connectivity index (χ3v) is 2.49. The number of hydrogen-bond donors (Lipinski definition) is 3. The van der Waals surface area contributed by atoms with Crippen molar-refractivity contribution in [1.29, 1.82) is 0 Å². The van der Waals surface area contributed by atoms with Crippen LogP contribution in [0.3, 0.4) is 0 Å². The molecule has 2 aromatic rings. The van der Waals surface area contributed by atoms with Gasteiger partial charge in [-0.25, -0.2) is 4.98 Å². The molecule has 0 amide bonds. The summed E-state index contributed by atoms with van der Waals surface area (Å²) < 4.78 is 0. The van der Waals surface area contributed by atoms with Crippen LogP contribution < -0.4 is 5.73 Å². The Hall–Kier alpha value is -1.65. The van der Waals surface area contributed by atoms with Gasteiger partial charge in [0.1, 0.15) is 11.9 Å². The Kier molecular flexibility index (Phi) is 3.03. The van der Waals surface area contributed by atoms with E-state index in [9.17, 15) is 5.11 Å². The third-order valence-electron chi connectivity index (χ3n) is 2.49. The molecule has 0 saturated carbocycles. The number of aromatic amines is 1. The normalized spacial score (nSPS) is 12.7. The first-order valence-corrected chi connectivity index (χ1v) is 5.22. The minimum Gasteiger partial charge on any atom is -0.384 e. The predicted octanol–water partition coefficient (Wildman–Crippen LogP) is 1.38. The molecule has 1 unspecified atom stereocenters. The van der Waals surface area contributed by atoms with Gasteiger partial charge < -0.3 is 15.8 Å². The number of aliphatic hydroxyl groups excluding tert-OH is 1. The van der Waals surface area contributed by atoms with E-state index in [0.717, 1.165) is 17.0 Å². The van der Waals surface area contributed by atoms with Crippen molar-refractivity contribution in [3.8, 4) is 11.3 Å². The summed E-state index contributed by atoms with van der Waals surface area (Å²) in [6.45, 7) is 2.10. The SMILES string of the molecule is Cc1[nH]c(C(O)CN)nc1-c1ccccc1. The lowest BCUT2D eigenvalue weighted by Gasteiger charge is -2.01. The van der Waals surface area contributed by atoms with Gasteiger partial charge in [-0.1, -0.05) is 30.3 Å². The highest BCUT2D eigenvalue weighted by Gasteiger charge is 2.13. The van der Waals surface area contributed by atoms with Crippen LogP contribution in [-0.4, -0.2) is 21.6 Å². The standard InChI is InChI=1S/C12H15N3O/c1-8-11(9-5-3-2-4-6-9)15-12(14-8)10(16)7-13/h2-6,10,16H,7,13H2,1H3,(H,14,15). The summed E-state index contributed by atoms with van der Waals surface area (Å²) in [5, 5.41) is 9.60. The maximum absolute atomic E-state index is 9.60. The van der Waals surface area contributed by atoms with Gasteiger partial charge in [0.2, 0.25) is 0 Å². The summed E-state index contributed by atoms with van der Waals surface area (Å²) >= 11 is 0. The quantitative estimate of drug-likeness (QED) is 0.727. The number of aromatic nitrogens is 2. The molecule has 0 bridgehead atoms. The highest BCUT2D eigenvalue weighted by Crippen LogP contribution is 2.22. The molecule has 0 aliphatic carbocycles. The van der Waals surface area contributed by atoms with Crippen molar-refractivity contribution in [2.24, 2.45) is 5.73 Å². The molecule has 0 saturated heterocycles. The van der Waals surface area contributed by atoms with E-state index in [2.05, 4.69) is 9.97 Å². The lowest BCUT2D eigenvalue weighted by molar-refractivity contribution is 0.177.